The van der Waals surface area contributed by atoms with Crippen LogP contribution in [0.25, 0.3) is 10.6 Å². The molecule has 0 spiro atoms. The predicted octanol–water partition coefficient (Wildman–Crippen LogP) is 15.8. The summed E-state index contributed by atoms with van der Waals surface area (Å²) in [5.41, 5.74) is 4.57. The van der Waals surface area contributed by atoms with Crippen molar-refractivity contribution in [2.45, 2.75) is 20.8 Å². The maximum absolute atomic E-state index is 11.4. The number of aromatic nitrogens is 2. The summed E-state index contributed by atoms with van der Waals surface area (Å²) in [5.74, 6) is -0.853. The molecule has 0 aliphatic rings. The van der Waals surface area contributed by atoms with Crippen LogP contribution in [-0.2, 0) is 9.47 Å². The first-order chi connectivity index (χ1) is 52.5. The number of esters is 2. The van der Waals surface area contributed by atoms with E-state index in [0.717, 1.165) is 16.1 Å². The lowest BCUT2D eigenvalue weighted by Gasteiger charge is -2.18. The fourth-order valence-corrected chi connectivity index (χ4v) is 21.6. The molecule has 530 valence electrons. The molecule has 12 aromatic carbocycles. The van der Waals surface area contributed by atoms with Crippen molar-refractivity contribution in [3.8, 4) is 10.6 Å². The number of benzene rings is 12. The van der Waals surface area contributed by atoms with Crippen LogP contribution < -0.4 is 69.2 Å². The van der Waals surface area contributed by atoms with E-state index in [2.05, 4.69) is 402 Å². The molecule has 3 heterocycles. The van der Waals surface area contributed by atoms with E-state index in [-0.39, 0.29) is 17.1 Å². The van der Waals surface area contributed by atoms with Gasteiger partial charge in [0.1, 0.15) is 0 Å². The highest BCUT2D eigenvalue weighted by Crippen LogP contribution is 2.36. The van der Waals surface area contributed by atoms with E-state index in [9.17, 15) is 9.59 Å². The third-order valence-electron chi connectivity index (χ3n) is 16.4. The summed E-state index contributed by atoms with van der Waals surface area (Å²) in [6, 6.07) is 135. The van der Waals surface area contributed by atoms with Crippen molar-refractivity contribution in [2.75, 3.05) is 14.2 Å². The van der Waals surface area contributed by atoms with Crippen LogP contribution in [-0.4, -0.2) is 53.3 Å². The smallest absolute Gasteiger partial charge is 0.465 e. The molecule has 15 aromatic rings. The van der Waals surface area contributed by atoms with Crippen molar-refractivity contribution < 1.29 is 29.1 Å². The van der Waals surface area contributed by atoms with Gasteiger partial charge in [-0.05, 0) is 156 Å². The monoisotopic (exact) mass is 1490 g/mol. The highest BCUT2D eigenvalue weighted by atomic mass is 32.1. The quantitative estimate of drug-likeness (QED) is 0.0558. The molecule has 0 fully saturated rings. The SMILES string of the molecule is COC(=O)c1cnc(-c2cc(C)cs2)c(C)c1.COC(=O)c1cnc(B(O)O)c(C)c1.c1ccc(P(c2ccccc2)c2ccccc2)cc1.c1ccc(P(c2ccccc2)c2ccccc2)cc1.c1ccc(P(c2ccccc2)c2ccccc2)cc1.c1ccc(P(c2ccccc2)c2ccccc2)cc1. The van der Waals surface area contributed by atoms with Crippen molar-refractivity contribution in [3.05, 3.63) is 428 Å². The minimum Gasteiger partial charge on any atom is -0.465 e. The van der Waals surface area contributed by atoms with Crippen molar-refractivity contribution in [1.29, 1.82) is 0 Å². The minimum absolute atomic E-state index is 0.137. The van der Waals surface area contributed by atoms with Gasteiger partial charge in [-0.25, -0.2) is 9.59 Å². The molecule has 0 amide bonds. The van der Waals surface area contributed by atoms with Crippen LogP contribution in [0.4, 0.5) is 0 Å². The molecule has 14 heteroatoms. The largest absolute Gasteiger partial charge is 0.508 e. The average molecular weight is 1490 g/mol. The molecule has 0 unspecified atom stereocenters. The molecule has 8 nitrogen and oxygen atoms in total. The van der Waals surface area contributed by atoms with E-state index < -0.39 is 44.8 Å². The molecule has 3 aromatic heterocycles. The van der Waals surface area contributed by atoms with Crippen LogP contribution in [0, 0.1) is 20.8 Å². The Kier molecular flexibility index (Phi) is 31.3. The molecular formula is C93H83BN2O6P4S. The molecule has 0 atom stereocenters. The van der Waals surface area contributed by atoms with Gasteiger partial charge >= 0.3 is 19.1 Å². The van der Waals surface area contributed by atoms with Gasteiger partial charge in [-0.3, -0.25) is 9.97 Å². The normalized spacial score (nSPS) is 10.4. The van der Waals surface area contributed by atoms with Gasteiger partial charge in [-0.15, -0.1) is 11.3 Å². The number of pyridine rings is 2. The molecule has 0 saturated heterocycles. The third kappa shape index (κ3) is 23.4. The Bertz CT molecular complexity index is 4210. The molecule has 2 N–H and O–H groups in total. The molecule has 0 aliphatic heterocycles. The van der Waals surface area contributed by atoms with Crippen LogP contribution >= 0.6 is 43.0 Å². The van der Waals surface area contributed by atoms with E-state index >= 15 is 0 Å². The van der Waals surface area contributed by atoms with Gasteiger partial charge < -0.3 is 19.5 Å². The van der Waals surface area contributed by atoms with E-state index in [1.807, 2.05) is 13.0 Å². The molecule has 0 aliphatic carbocycles. The van der Waals surface area contributed by atoms with Crippen molar-refractivity contribution >= 4 is 131 Å². The molecule has 0 bridgehead atoms. The Morgan fingerprint density at radius 2 is 0.514 bits per heavy atom. The Morgan fingerprint density at radius 1 is 0.308 bits per heavy atom. The van der Waals surface area contributed by atoms with Gasteiger partial charge in [0.15, 0.2) is 0 Å². The molecular weight excluding hydrogens is 1410 g/mol. The van der Waals surface area contributed by atoms with E-state index in [1.54, 1.807) is 24.5 Å². The fraction of sp³-hybridized carbons (Fsp3) is 0.0538. The zero-order valence-electron chi connectivity index (χ0n) is 60.3. The van der Waals surface area contributed by atoms with Gasteiger partial charge in [0.2, 0.25) is 0 Å². The second-order valence-electron chi connectivity index (χ2n) is 24.0. The van der Waals surface area contributed by atoms with Gasteiger partial charge in [-0.1, -0.05) is 364 Å². The van der Waals surface area contributed by atoms with Crippen LogP contribution in [0.2, 0.25) is 0 Å². The zero-order valence-corrected chi connectivity index (χ0v) is 64.7. The summed E-state index contributed by atoms with van der Waals surface area (Å²) in [7, 11) is -0.768. The number of ether oxygens (including phenoxy) is 2. The third-order valence-corrected chi connectivity index (χ3v) is 27.2. The van der Waals surface area contributed by atoms with Gasteiger partial charge in [-0.2, -0.15) is 0 Å². The number of hydrogen-bond donors (Lipinski definition) is 2. The van der Waals surface area contributed by atoms with Crippen molar-refractivity contribution in [2.24, 2.45) is 0 Å². The summed E-state index contributed by atoms with van der Waals surface area (Å²) in [6.07, 6.45) is 2.80. The lowest BCUT2D eigenvalue weighted by molar-refractivity contribution is 0.0591. The summed E-state index contributed by atoms with van der Waals surface area (Å²) in [4.78, 5) is 31.6. The standard InChI is InChI=1S/4C18H15P.C13H13NO2S.C8H10BNO4/c4*1-4-10-16(11-5-1)19(17-12-6-2-7-13-17)18-14-8-3-9-15-18;1-8-4-11(17-7-8)12-9(2)5-10(6-14-12)13(15)16-3;1-5-3-6(8(11)14-2)4-10-7(5)9(12)13/h4*1-15H;4-7H,1-3H3;3-4,12-13H,1-2H3. The Labute approximate surface area is 639 Å². The van der Waals surface area contributed by atoms with E-state index in [1.165, 1.54) is 95.7 Å². The topological polar surface area (TPSA) is 119 Å². The maximum atomic E-state index is 11.4. The number of rotatable bonds is 16. The number of hydrogen-bond acceptors (Lipinski definition) is 9. The van der Waals surface area contributed by atoms with Gasteiger partial charge in [0.05, 0.1) is 41.5 Å². The van der Waals surface area contributed by atoms with Crippen LogP contribution in [0.3, 0.4) is 0 Å². The van der Waals surface area contributed by atoms with Gasteiger partial charge in [0.25, 0.3) is 0 Å². The number of carbonyl (C=O) groups is 2. The highest BCUT2D eigenvalue weighted by molar-refractivity contribution is 7.81. The molecule has 15 rings (SSSR count). The van der Waals surface area contributed by atoms with Crippen molar-refractivity contribution in [1.82, 2.24) is 9.97 Å². The highest BCUT2D eigenvalue weighted by Gasteiger charge is 2.21. The Balaban J connectivity index is 0.000000138. The van der Waals surface area contributed by atoms with Crippen LogP contribution in [0.5, 0.6) is 0 Å². The predicted molar refractivity (Wildman–Crippen MR) is 459 cm³/mol. The summed E-state index contributed by atoms with van der Waals surface area (Å²) >= 11 is 1.66. The second kappa shape index (κ2) is 42.4. The number of methoxy groups -OCH3 is 2. The minimum atomic E-state index is -1.62. The van der Waals surface area contributed by atoms with Crippen LogP contribution in [0.15, 0.2) is 400 Å². The Morgan fingerprint density at radius 3 is 0.682 bits per heavy atom. The number of nitrogens with zero attached hydrogens (tertiary/aromatic N) is 2. The molecule has 0 saturated carbocycles. The van der Waals surface area contributed by atoms with E-state index in [0.29, 0.717) is 11.1 Å². The first-order valence-corrected chi connectivity index (χ1v) is 41.0. The Hall–Kier alpha value is -10.7. The fourth-order valence-electron chi connectivity index (χ4n) is 11.4. The first kappa shape index (κ1) is 78.9. The lowest BCUT2D eigenvalue weighted by Crippen LogP contribution is -2.35. The summed E-state index contributed by atoms with van der Waals surface area (Å²) in [6.45, 7) is 5.64. The number of aryl methyl sites for hydroxylation is 3. The summed E-state index contributed by atoms with van der Waals surface area (Å²) in [5, 5.41) is 36.6. The van der Waals surface area contributed by atoms with Gasteiger partial charge in [0, 0.05) is 12.4 Å². The molecule has 0 radical (unpaired) electrons. The summed E-state index contributed by atoms with van der Waals surface area (Å²) < 4.78 is 9.15. The average Bonchev–Trinajstić information content (AvgIpc) is 1.94. The number of thiophene rings is 1. The first-order valence-electron chi connectivity index (χ1n) is 34.8. The zero-order chi connectivity index (χ0) is 74.8. The van der Waals surface area contributed by atoms with E-state index in [4.69, 9.17) is 10.0 Å². The van der Waals surface area contributed by atoms with Crippen molar-refractivity contribution in [3.63, 3.8) is 0 Å². The molecule has 107 heavy (non-hydrogen) atoms. The number of carbonyl (C=O) groups excluding carboxylic acids is 2. The van der Waals surface area contributed by atoms with Crippen LogP contribution in [0.1, 0.15) is 37.4 Å². The second-order valence-corrected chi connectivity index (χ2v) is 33.8. The maximum Gasteiger partial charge on any atom is 0.508 e. The lowest BCUT2D eigenvalue weighted by atomic mass is 9.82.